The highest BCUT2D eigenvalue weighted by Crippen LogP contribution is 2.20. The van der Waals surface area contributed by atoms with E-state index >= 15 is 0 Å². The van der Waals surface area contributed by atoms with E-state index in [0.29, 0.717) is 37.7 Å². The van der Waals surface area contributed by atoms with Crippen molar-refractivity contribution in [2.24, 2.45) is 7.05 Å². The first kappa shape index (κ1) is 16.2. The van der Waals surface area contributed by atoms with Crippen LogP contribution in [-0.2, 0) is 18.4 Å². The zero-order chi connectivity index (χ0) is 17.3. The van der Waals surface area contributed by atoms with Gasteiger partial charge >= 0.3 is 5.69 Å². The Labute approximate surface area is 138 Å². The maximum atomic E-state index is 13.8. The van der Waals surface area contributed by atoms with Crippen molar-refractivity contribution >= 4 is 11.6 Å². The lowest BCUT2D eigenvalue weighted by atomic mass is 10.2. The lowest BCUT2D eigenvalue weighted by molar-refractivity contribution is -0.132. The van der Waals surface area contributed by atoms with Gasteiger partial charge in [-0.3, -0.25) is 9.36 Å². The first-order valence-electron chi connectivity index (χ1n) is 7.85. The molecule has 24 heavy (non-hydrogen) atoms. The Morgan fingerprint density at radius 2 is 1.88 bits per heavy atom. The Bertz CT molecular complexity index is 805. The number of hydrogen-bond acceptors (Lipinski definition) is 4. The summed E-state index contributed by atoms with van der Waals surface area (Å²) >= 11 is 0. The topological polar surface area (TPSA) is 63.4 Å². The Kier molecular flexibility index (Phi) is 4.37. The zero-order valence-electron chi connectivity index (χ0n) is 13.8. The summed E-state index contributed by atoms with van der Waals surface area (Å²) in [4.78, 5) is 27.9. The molecule has 3 rings (SSSR count). The molecule has 0 spiro atoms. The third kappa shape index (κ3) is 3.04. The molecule has 0 saturated carbocycles. The molecule has 0 N–H and O–H groups in total. The second kappa shape index (κ2) is 6.46. The molecule has 128 valence electrons. The summed E-state index contributed by atoms with van der Waals surface area (Å²) in [7, 11) is 1.62. The SMILES string of the molecule is Cc1nn(CC(=O)N2CCN(c3ccccc3F)CC2)c(=O)n1C. The molecule has 0 unspecified atom stereocenters. The van der Waals surface area contributed by atoms with E-state index < -0.39 is 0 Å². The molecule has 2 aromatic rings. The molecular formula is C16H20FN5O2. The number of nitrogens with zero attached hydrogens (tertiary/aromatic N) is 5. The summed E-state index contributed by atoms with van der Waals surface area (Å²) in [5.74, 6) is 0.161. The molecule has 1 amide bonds. The smallest absolute Gasteiger partial charge is 0.346 e. The molecule has 1 aliphatic heterocycles. The Morgan fingerprint density at radius 1 is 1.21 bits per heavy atom. The number of aryl methyl sites for hydroxylation is 1. The van der Waals surface area contributed by atoms with Crippen LogP contribution >= 0.6 is 0 Å². The standard InChI is InChI=1S/C16H20FN5O2/c1-12-18-22(16(24)19(12)2)11-15(23)21-9-7-20(8-10-21)14-6-4-3-5-13(14)17/h3-6H,7-11H2,1-2H3. The summed E-state index contributed by atoms with van der Waals surface area (Å²) in [5.41, 5.74) is 0.256. The summed E-state index contributed by atoms with van der Waals surface area (Å²) < 4.78 is 16.4. The molecule has 7 nitrogen and oxygen atoms in total. The van der Waals surface area contributed by atoms with Gasteiger partial charge in [-0.05, 0) is 19.1 Å². The van der Waals surface area contributed by atoms with Crippen molar-refractivity contribution in [2.45, 2.75) is 13.5 Å². The highest BCUT2D eigenvalue weighted by Gasteiger charge is 2.23. The lowest BCUT2D eigenvalue weighted by Crippen LogP contribution is -2.50. The van der Waals surface area contributed by atoms with Crippen LogP contribution in [0.2, 0.25) is 0 Å². The van der Waals surface area contributed by atoms with Crippen LogP contribution in [0.5, 0.6) is 0 Å². The van der Waals surface area contributed by atoms with Crippen molar-refractivity contribution in [3.05, 3.63) is 46.4 Å². The molecule has 8 heteroatoms. The number of hydrogen-bond donors (Lipinski definition) is 0. The average Bonchev–Trinajstić information content (AvgIpc) is 2.82. The maximum absolute atomic E-state index is 13.8. The van der Waals surface area contributed by atoms with Crippen LogP contribution < -0.4 is 10.6 Å². The summed E-state index contributed by atoms with van der Waals surface area (Å²) in [6, 6.07) is 6.63. The first-order valence-corrected chi connectivity index (χ1v) is 7.85. The second-order valence-electron chi connectivity index (χ2n) is 5.87. The number of anilines is 1. The number of piperazine rings is 1. The van der Waals surface area contributed by atoms with Crippen LogP contribution in [0, 0.1) is 12.7 Å². The monoisotopic (exact) mass is 333 g/mol. The molecule has 1 fully saturated rings. The molecule has 0 aliphatic carbocycles. The molecule has 0 bridgehead atoms. The fourth-order valence-electron chi connectivity index (χ4n) is 2.83. The van der Waals surface area contributed by atoms with Gasteiger partial charge < -0.3 is 9.80 Å². The van der Waals surface area contributed by atoms with Gasteiger partial charge in [-0.15, -0.1) is 0 Å². The highest BCUT2D eigenvalue weighted by atomic mass is 19.1. The Balaban J connectivity index is 1.62. The molecular weight excluding hydrogens is 313 g/mol. The minimum Gasteiger partial charge on any atom is -0.366 e. The predicted molar refractivity (Wildman–Crippen MR) is 87.4 cm³/mol. The van der Waals surface area contributed by atoms with Crippen LogP contribution in [0.1, 0.15) is 5.82 Å². The Hall–Kier alpha value is -2.64. The van der Waals surface area contributed by atoms with Crippen molar-refractivity contribution in [3.63, 3.8) is 0 Å². The molecule has 1 aromatic carbocycles. The van der Waals surface area contributed by atoms with Crippen LogP contribution in [0.25, 0.3) is 0 Å². The van der Waals surface area contributed by atoms with E-state index in [1.165, 1.54) is 15.3 Å². The van der Waals surface area contributed by atoms with E-state index in [2.05, 4.69) is 5.10 Å². The van der Waals surface area contributed by atoms with Gasteiger partial charge in [0.25, 0.3) is 0 Å². The van der Waals surface area contributed by atoms with Crippen molar-refractivity contribution in [1.29, 1.82) is 0 Å². The Morgan fingerprint density at radius 3 is 2.46 bits per heavy atom. The van der Waals surface area contributed by atoms with Crippen LogP contribution in [0.3, 0.4) is 0 Å². The fraction of sp³-hybridized carbons (Fsp3) is 0.438. The number of carbonyl (C=O) groups is 1. The van der Waals surface area contributed by atoms with Crippen molar-refractivity contribution in [2.75, 3.05) is 31.1 Å². The molecule has 2 heterocycles. The maximum Gasteiger partial charge on any atom is 0.346 e. The molecule has 1 aliphatic rings. The van der Waals surface area contributed by atoms with E-state index in [9.17, 15) is 14.0 Å². The number of rotatable bonds is 3. The number of para-hydroxylation sites is 1. The summed E-state index contributed by atoms with van der Waals surface area (Å²) in [6.45, 7) is 3.75. The van der Waals surface area contributed by atoms with E-state index in [0.717, 1.165) is 0 Å². The minimum absolute atomic E-state index is 0.0692. The number of halogens is 1. The number of aromatic nitrogens is 3. The number of amides is 1. The molecule has 0 atom stereocenters. The molecule has 1 aromatic heterocycles. The van der Waals surface area contributed by atoms with Gasteiger partial charge in [0.2, 0.25) is 5.91 Å². The largest absolute Gasteiger partial charge is 0.366 e. The number of carbonyl (C=O) groups excluding carboxylic acids is 1. The fourth-order valence-corrected chi connectivity index (χ4v) is 2.83. The third-order valence-corrected chi connectivity index (χ3v) is 4.37. The molecule has 0 radical (unpaired) electrons. The van der Waals surface area contributed by atoms with E-state index in [-0.39, 0.29) is 24.0 Å². The van der Waals surface area contributed by atoms with Gasteiger partial charge in [-0.25, -0.2) is 13.9 Å². The summed E-state index contributed by atoms with van der Waals surface area (Å²) in [5, 5.41) is 4.08. The predicted octanol–water partition coefficient (Wildman–Crippen LogP) is 0.378. The van der Waals surface area contributed by atoms with Gasteiger partial charge in [0, 0.05) is 33.2 Å². The van der Waals surface area contributed by atoms with Crippen LogP contribution in [0.4, 0.5) is 10.1 Å². The second-order valence-corrected chi connectivity index (χ2v) is 5.87. The van der Waals surface area contributed by atoms with Gasteiger partial charge in [0.1, 0.15) is 18.2 Å². The van der Waals surface area contributed by atoms with Gasteiger partial charge in [0.15, 0.2) is 0 Å². The van der Waals surface area contributed by atoms with Crippen LogP contribution in [0.15, 0.2) is 29.1 Å². The lowest BCUT2D eigenvalue weighted by Gasteiger charge is -2.36. The number of benzene rings is 1. The highest BCUT2D eigenvalue weighted by molar-refractivity contribution is 5.76. The van der Waals surface area contributed by atoms with Crippen molar-refractivity contribution < 1.29 is 9.18 Å². The first-order chi connectivity index (χ1) is 11.5. The van der Waals surface area contributed by atoms with Crippen molar-refractivity contribution in [1.82, 2.24) is 19.2 Å². The van der Waals surface area contributed by atoms with E-state index in [1.807, 2.05) is 4.90 Å². The van der Waals surface area contributed by atoms with Crippen molar-refractivity contribution in [3.8, 4) is 0 Å². The normalized spacial score (nSPS) is 15.0. The van der Waals surface area contributed by atoms with E-state index in [4.69, 9.17) is 0 Å². The average molecular weight is 333 g/mol. The van der Waals surface area contributed by atoms with Gasteiger partial charge in [-0.1, -0.05) is 12.1 Å². The zero-order valence-corrected chi connectivity index (χ0v) is 13.8. The molecule has 1 saturated heterocycles. The van der Waals surface area contributed by atoms with E-state index in [1.54, 1.807) is 37.1 Å². The third-order valence-electron chi connectivity index (χ3n) is 4.37. The minimum atomic E-state index is -0.300. The quantitative estimate of drug-likeness (QED) is 0.815. The van der Waals surface area contributed by atoms with Crippen LogP contribution in [-0.4, -0.2) is 51.3 Å². The van der Waals surface area contributed by atoms with Gasteiger partial charge in [0.05, 0.1) is 5.69 Å². The summed E-state index contributed by atoms with van der Waals surface area (Å²) in [6.07, 6.45) is 0. The van der Waals surface area contributed by atoms with Gasteiger partial charge in [-0.2, -0.15) is 5.10 Å².